The first-order valence-electron chi connectivity index (χ1n) is 2.00. The lowest BCUT2D eigenvalue weighted by Gasteiger charge is -2.07. The summed E-state index contributed by atoms with van der Waals surface area (Å²) in [5.74, 6) is -2.24. The largest absolute Gasteiger partial charge is 0.475 e. The normalized spacial score (nSPS) is 10.6. The highest BCUT2D eigenvalue weighted by atomic mass is 32.5. The second kappa shape index (κ2) is 3.12. The summed E-state index contributed by atoms with van der Waals surface area (Å²) in [7, 11) is 0. The van der Waals surface area contributed by atoms with Crippen molar-refractivity contribution in [3.8, 4) is 0 Å². The van der Waals surface area contributed by atoms with Crippen LogP contribution in [0.15, 0.2) is 12.3 Å². The lowest BCUT2D eigenvalue weighted by molar-refractivity contribution is -0.135. The molecule has 0 aliphatic heterocycles. The van der Waals surface area contributed by atoms with Crippen molar-refractivity contribution < 1.29 is 24.2 Å². The Hall–Kier alpha value is -0.420. The fraction of sp³-hybridized carbons (Fsp3) is 0. The van der Waals surface area contributed by atoms with Gasteiger partial charge in [-0.05, 0) is 6.58 Å². The Balaban J connectivity index is 4.07. The summed E-state index contributed by atoms with van der Waals surface area (Å²) in [6, 6.07) is 0. The maximum Gasteiger partial charge on any atom is 0.375 e. The van der Waals surface area contributed by atoms with Crippen molar-refractivity contribution in [1.82, 2.24) is 0 Å². The van der Waals surface area contributed by atoms with Gasteiger partial charge in [-0.15, -0.1) is 0 Å². The van der Waals surface area contributed by atoms with Gasteiger partial charge in [0.2, 0.25) is 5.76 Å². The summed E-state index contributed by atoms with van der Waals surface area (Å²) in [4.78, 5) is 26.6. The number of aliphatic carboxylic acids is 1. The van der Waals surface area contributed by atoms with Gasteiger partial charge in [0.05, 0.1) is 0 Å². The van der Waals surface area contributed by atoms with Crippen molar-refractivity contribution in [2.45, 2.75) is 0 Å². The number of carbonyl (C=O) groups is 1. The van der Waals surface area contributed by atoms with Gasteiger partial charge in [0, 0.05) is 11.8 Å². The molecule has 0 aromatic rings. The van der Waals surface area contributed by atoms with E-state index in [0.717, 1.165) is 0 Å². The molecule has 0 aromatic carbocycles. The molecule has 0 spiro atoms. The molecule has 0 aliphatic rings. The molecule has 3 N–H and O–H groups in total. The molecular formula is C3H5O5PS. The van der Waals surface area contributed by atoms with Crippen molar-refractivity contribution in [2.24, 2.45) is 0 Å². The third-order valence-corrected chi connectivity index (χ3v) is 1.15. The first-order valence-corrected chi connectivity index (χ1v) is 4.63. The van der Waals surface area contributed by atoms with Crippen molar-refractivity contribution in [3.63, 3.8) is 0 Å². The Bertz CT molecular complexity index is 205. The second-order valence-electron chi connectivity index (χ2n) is 1.31. The average molecular weight is 186 g/mol. The first kappa shape index (κ1) is 9.58. The van der Waals surface area contributed by atoms with Crippen LogP contribution in [0.5, 0.6) is 0 Å². The van der Waals surface area contributed by atoms with E-state index in [-0.39, 0.29) is 0 Å². The van der Waals surface area contributed by atoms with Gasteiger partial charge in [0.15, 0.2) is 0 Å². The SMILES string of the molecule is C=C([18O]P(O)(O)=S)C(=O)O. The first-order chi connectivity index (χ1) is 4.33. The van der Waals surface area contributed by atoms with Gasteiger partial charge >= 0.3 is 12.7 Å². The van der Waals surface area contributed by atoms with Crippen LogP contribution in [0.1, 0.15) is 0 Å². The predicted molar refractivity (Wildman–Crippen MR) is 36.6 cm³/mol. The minimum Gasteiger partial charge on any atom is -0.475 e. The minimum absolute atomic E-state index is 0.770. The fourth-order valence-electron chi connectivity index (χ4n) is 0.183. The van der Waals surface area contributed by atoms with Gasteiger partial charge in [0.25, 0.3) is 0 Å². The molecule has 0 rings (SSSR count). The van der Waals surface area contributed by atoms with Gasteiger partial charge < -0.3 is 19.4 Å². The maximum absolute atomic E-state index is 9.90. The molecule has 0 atom stereocenters. The average Bonchev–Trinajstić information content (AvgIpc) is 1.60. The van der Waals surface area contributed by atoms with Crippen molar-refractivity contribution in [2.75, 3.05) is 0 Å². The van der Waals surface area contributed by atoms with E-state index in [1.54, 1.807) is 0 Å². The molecule has 0 fully saturated rings. The fourth-order valence-corrected chi connectivity index (χ4v) is 0.818. The van der Waals surface area contributed by atoms with Gasteiger partial charge in [-0.1, -0.05) is 0 Å². The minimum atomic E-state index is -3.92. The molecular weight excluding hydrogens is 181 g/mol. The zero-order valence-electron chi connectivity index (χ0n) is 4.72. The van der Waals surface area contributed by atoms with E-state index in [4.69, 9.17) is 14.9 Å². The van der Waals surface area contributed by atoms with E-state index in [1.807, 2.05) is 0 Å². The van der Waals surface area contributed by atoms with E-state index >= 15 is 0 Å². The van der Waals surface area contributed by atoms with Gasteiger partial charge in [-0.3, -0.25) is 0 Å². The molecule has 0 amide bonds. The van der Waals surface area contributed by atoms with Crippen LogP contribution >= 0.6 is 6.72 Å². The van der Waals surface area contributed by atoms with Gasteiger partial charge in [0.1, 0.15) is 0 Å². The molecule has 0 saturated heterocycles. The third kappa shape index (κ3) is 4.46. The van der Waals surface area contributed by atoms with E-state index in [0.29, 0.717) is 0 Å². The third-order valence-electron chi connectivity index (χ3n) is 0.468. The molecule has 0 unspecified atom stereocenters. The number of rotatable bonds is 3. The zero-order chi connectivity index (χ0) is 8.36. The molecule has 0 heterocycles. The molecule has 0 radical (unpaired) electrons. The lowest BCUT2D eigenvalue weighted by atomic mass is 10.6. The van der Waals surface area contributed by atoms with Crippen LogP contribution in [-0.2, 0) is 21.1 Å². The molecule has 58 valence electrons. The lowest BCUT2D eigenvalue weighted by Crippen LogP contribution is -2.01. The van der Waals surface area contributed by atoms with Gasteiger partial charge in [-0.25, -0.2) is 4.79 Å². The highest BCUT2D eigenvalue weighted by Crippen LogP contribution is 2.38. The molecule has 5 nitrogen and oxygen atoms in total. The summed E-state index contributed by atoms with van der Waals surface area (Å²) in [6.07, 6.45) is 0. The molecule has 7 heteroatoms. The summed E-state index contributed by atoms with van der Waals surface area (Å²) in [6.45, 7) is -1.06. The molecule has 0 aliphatic carbocycles. The van der Waals surface area contributed by atoms with Crippen LogP contribution in [0, 0.1) is 0 Å². The second-order valence-corrected chi connectivity index (χ2v) is 3.90. The molecule has 0 aromatic heterocycles. The van der Waals surface area contributed by atoms with Crippen LogP contribution in [-0.4, -0.2) is 20.9 Å². The standard InChI is InChI=1S/C3H5O5PS/c1-2(3(4)5)8-9(6,7)10/h1H2,(H,4,5)(H2,6,7,10)/i8+2. The van der Waals surface area contributed by atoms with Crippen LogP contribution in [0.3, 0.4) is 0 Å². The van der Waals surface area contributed by atoms with E-state index in [1.165, 1.54) is 0 Å². The number of carboxylic acid groups (broad SMARTS) is 1. The molecule has 10 heavy (non-hydrogen) atoms. The Morgan fingerprint density at radius 3 is 2.10 bits per heavy atom. The van der Waals surface area contributed by atoms with E-state index < -0.39 is 18.4 Å². The Labute approximate surface area is 61.8 Å². The maximum atomic E-state index is 9.90. The number of carboxylic acids is 1. The van der Waals surface area contributed by atoms with Crippen molar-refractivity contribution in [3.05, 3.63) is 12.3 Å². The topological polar surface area (TPSA) is 87.0 Å². The van der Waals surface area contributed by atoms with Crippen molar-refractivity contribution >= 4 is 24.5 Å². The smallest absolute Gasteiger partial charge is 0.375 e. The Morgan fingerprint density at radius 1 is 1.60 bits per heavy atom. The summed E-state index contributed by atoms with van der Waals surface area (Å²) >= 11 is 3.96. The van der Waals surface area contributed by atoms with Crippen LogP contribution in [0.25, 0.3) is 0 Å². The summed E-state index contributed by atoms with van der Waals surface area (Å²) in [5, 5.41) is 8.07. The van der Waals surface area contributed by atoms with Gasteiger partial charge in [-0.2, -0.15) is 0 Å². The highest BCUT2D eigenvalue weighted by molar-refractivity contribution is 8.06. The molecule has 0 saturated carbocycles. The van der Waals surface area contributed by atoms with E-state index in [9.17, 15) is 4.79 Å². The van der Waals surface area contributed by atoms with Crippen molar-refractivity contribution in [1.29, 1.82) is 0 Å². The number of hydrogen-bond acceptors (Lipinski definition) is 3. The van der Waals surface area contributed by atoms with E-state index in [2.05, 4.69) is 22.9 Å². The zero-order valence-corrected chi connectivity index (χ0v) is 6.43. The summed E-state index contributed by atoms with van der Waals surface area (Å²) in [5.41, 5.74) is 0. The van der Waals surface area contributed by atoms with Crippen LogP contribution in [0.2, 0.25) is 0 Å². The predicted octanol–water partition coefficient (Wildman–Crippen LogP) is -0.190. The summed E-state index contributed by atoms with van der Waals surface area (Å²) < 4.78 is 3.94. The Kier molecular flexibility index (Phi) is 2.98. The van der Waals surface area contributed by atoms with Crippen LogP contribution in [0.4, 0.5) is 0 Å². The van der Waals surface area contributed by atoms with Crippen LogP contribution < -0.4 is 0 Å². The molecule has 0 bridgehead atoms. The highest BCUT2D eigenvalue weighted by Gasteiger charge is 2.15. The monoisotopic (exact) mass is 186 g/mol. The quantitative estimate of drug-likeness (QED) is 0.245. The Morgan fingerprint density at radius 2 is 2.00 bits per heavy atom. The number of hydrogen-bond donors (Lipinski definition) is 3.